The standard InChI is InChI=1S/C15H16N2S/c1-10-4-5-14-13(8-10)6-7-17(14)9-15-16-11(2)12(3)18-15/h4-8H,9H2,1-3H3. The predicted molar refractivity (Wildman–Crippen MR) is 77.4 cm³/mol. The molecule has 0 radical (unpaired) electrons. The molecule has 0 fully saturated rings. The van der Waals surface area contributed by atoms with Crippen LogP contribution in [0, 0.1) is 20.8 Å². The summed E-state index contributed by atoms with van der Waals surface area (Å²) in [4.78, 5) is 5.92. The van der Waals surface area contributed by atoms with Crippen molar-refractivity contribution in [1.29, 1.82) is 0 Å². The van der Waals surface area contributed by atoms with E-state index in [0.717, 1.165) is 12.2 Å². The van der Waals surface area contributed by atoms with E-state index in [1.807, 2.05) is 0 Å². The number of nitrogens with zero attached hydrogens (tertiary/aromatic N) is 2. The zero-order valence-electron chi connectivity index (χ0n) is 10.9. The van der Waals surface area contributed by atoms with Crippen LogP contribution in [0.15, 0.2) is 30.5 Å². The van der Waals surface area contributed by atoms with E-state index in [2.05, 4.69) is 60.8 Å². The quantitative estimate of drug-likeness (QED) is 0.675. The lowest BCUT2D eigenvalue weighted by Crippen LogP contribution is -1.97. The van der Waals surface area contributed by atoms with Crippen LogP contribution in [0.4, 0.5) is 0 Å². The third-order valence-electron chi connectivity index (χ3n) is 3.30. The van der Waals surface area contributed by atoms with Gasteiger partial charge in [-0.1, -0.05) is 11.6 Å². The second-order valence-corrected chi connectivity index (χ2v) is 6.04. The van der Waals surface area contributed by atoms with E-state index < -0.39 is 0 Å². The minimum atomic E-state index is 0.867. The van der Waals surface area contributed by atoms with Gasteiger partial charge >= 0.3 is 0 Å². The van der Waals surface area contributed by atoms with E-state index in [0.29, 0.717) is 0 Å². The molecule has 0 spiro atoms. The molecule has 3 rings (SSSR count). The lowest BCUT2D eigenvalue weighted by Gasteiger charge is -2.02. The molecular formula is C15H16N2S. The molecule has 0 unspecified atom stereocenters. The molecule has 0 atom stereocenters. The van der Waals surface area contributed by atoms with E-state index in [4.69, 9.17) is 0 Å². The first-order valence-electron chi connectivity index (χ1n) is 6.12. The molecule has 0 aliphatic heterocycles. The number of hydrogen-bond donors (Lipinski definition) is 0. The van der Waals surface area contributed by atoms with Gasteiger partial charge in [0.2, 0.25) is 0 Å². The van der Waals surface area contributed by atoms with Gasteiger partial charge in [0.15, 0.2) is 0 Å². The van der Waals surface area contributed by atoms with Gasteiger partial charge in [0, 0.05) is 16.6 Å². The van der Waals surface area contributed by atoms with Gasteiger partial charge in [0.25, 0.3) is 0 Å². The molecule has 2 heterocycles. The fraction of sp³-hybridized carbons (Fsp3) is 0.267. The van der Waals surface area contributed by atoms with Gasteiger partial charge in [-0.2, -0.15) is 0 Å². The maximum absolute atomic E-state index is 4.61. The molecule has 92 valence electrons. The number of fused-ring (bicyclic) bond motifs is 1. The summed E-state index contributed by atoms with van der Waals surface area (Å²) < 4.78 is 2.27. The maximum atomic E-state index is 4.61. The van der Waals surface area contributed by atoms with E-state index in [1.54, 1.807) is 11.3 Å². The Kier molecular flexibility index (Phi) is 2.71. The van der Waals surface area contributed by atoms with Gasteiger partial charge in [-0.15, -0.1) is 11.3 Å². The van der Waals surface area contributed by atoms with E-state index in [9.17, 15) is 0 Å². The molecule has 0 aliphatic carbocycles. The second kappa shape index (κ2) is 4.25. The van der Waals surface area contributed by atoms with Crippen molar-refractivity contribution in [2.24, 2.45) is 0 Å². The van der Waals surface area contributed by atoms with E-state index in [1.165, 1.54) is 26.4 Å². The van der Waals surface area contributed by atoms with Crippen LogP contribution < -0.4 is 0 Å². The Morgan fingerprint density at radius 1 is 1.17 bits per heavy atom. The van der Waals surface area contributed by atoms with Crippen LogP contribution in [0.2, 0.25) is 0 Å². The third-order valence-corrected chi connectivity index (χ3v) is 4.36. The first kappa shape index (κ1) is 11.5. The van der Waals surface area contributed by atoms with Gasteiger partial charge in [0.05, 0.1) is 12.2 Å². The molecular weight excluding hydrogens is 240 g/mol. The highest BCUT2D eigenvalue weighted by Gasteiger charge is 2.06. The highest BCUT2D eigenvalue weighted by Crippen LogP contribution is 2.21. The number of aryl methyl sites for hydroxylation is 3. The molecule has 0 bridgehead atoms. The first-order valence-corrected chi connectivity index (χ1v) is 6.93. The van der Waals surface area contributed by atoms with Crippen molar-refractivity contribution in [3.05, 3.63) is 51.6 Å². The van der Waals surface area contributed by atoms with Crippen LogP contribution in [0.1, 0.15) is 21.1 Å². The predicted octanol–water partition coefficient (Wildman–Crippen LogP) is 4.07. The van der Waals surface area contributed by atoms with Crippen molar-refractivity contribution in [3.63, 3.8) is 0 Å². The Balaban J connectivity index is 2.00. The summed E-state index contributed by atoms with van der Waals surface area (Å²) >= 11 is 1.79. The molecule has 0 N–H and O–H groups in total. The van der Waals surface area contributed by atoms with Crippen LogP contribution >= 0.6 is 11.3 Å². The van der Waals surface area contributed by atoms with Crippen LogP contribution in [0.25, 0.3) is 10.9 Å². The zero-order chi connectivity index (χ0) is 12.7. The van der Waals surface area contributed by atoms with Crippen molar-refractivity contribution in [3.8, 4) is 0 Å². The number of hydrogen-bond acceptors (Lipinski definition) is 2. The number of benzene rings is 1. The SMILES string of the molecule is Cc1ccc2c(ccn2Cc2nc(C)c(C)s2)c1. The minimum Gasteiger partial charge on any atom is -0.341 e. The van der Waals surface area contributed by atoms with Crippen LogP contribution in [-0.2, 0) is 6.54 Å². The summed E-state index contributed by atoms with van der Waals surface area (Å²) in [5.74, 6) is 0. The average Bonchev–Trinajstić information content (AvgIpc) is 2.84. The lowest BCUT2D eigenvalue weighted by molar-refractivity contribution is 0.824. The van der Waals surface area contributed by atoms with Crippen molar-refractivity contribution in [2.75, 3.05) is 0 Å². The summed E-state index contributed by atoms with van der Waals surface area (Å²) in [6.07, 6.45) is 2.15. The highest BCUT2D eigenvalue weighted by molar-refractivity contribution is 7.11. The smallest absolute Gasteiger partial charge is 0.113 e. The number of aromatic nitrogens is 2. The topological polar surface area (TPSA) is 17.8 Å². The molecule has 3 heteroatoms. The Morgan fingerprint density at radius 2 is 2.00 bits per heavy atom. The number of thiazole rings is 1. The molecule has 1 aromatic carbocycles. The minimum absolute atomic E-state index is 0.867. The lowest BCUT2D eigenvalue weighted by atomic mass is 10.2. The Hall–Kier alpha value is -1.61. The summed E-state index contributed by atoms with van der Waals surface area (Å²) in [7, 11) is 0. The molecule has 0 aliphatic rings. The van der Waals surface area contributed by atoms with Crippen molar-refractivity contribution in [2.45, 2.75) is 27.3 Å². The summed E-state index contributed by atoms with van der Waals surface area (Å²) in [5.41, 5.74) is 3.74. The summed E-state index contributed by atoms with van der Waals surface area (Å²) in [6, 6.07) is 8.76. The van der Waals surface area contributed by atoms with Gasteiger partial charge in [-0.25, -0.2) is 4.98 Å². The Bertz CT molecular complexity index is 687. The fourth-order valence-electron chi connectivity index (χ4n) is 2.21. The monoisotopic (exact) mass is 256 g/mol. The van der Waals surface area contributed by atoms with Crippen molar-refractivity contribution in [1.82, 2.24) is 9.55 Å². The molecule has 2 nitrogen and oxygen atoms in total. The average molecular weight is 256 g/mol. The van der Waals surface area contributed by atoms with Crippen molar-refractivity contribution < 1.29 is 0 Å². The normalized spacial score (nSPS) is 11.3. The van der Waals surface area contributed by atoms with Gasteiger partial charge < -0.3 is 4.57 Å². The van der Waals surface area contributed by atoms with Gasteiger partial charge in [-0.3, -0.25) is 0 Å². The van der Waals surface area contributed by atoms with Crippen LogP contribution in [0.3, 0.4) is 0 Å². The zero-order valence-corrected chi connectivity index (χ0v) is 11.7. The second-order valence-electron chi connectivity index (χ2n) is 4.76. The maximum Gasteiger partial charge on any atom is 0.113 e. The third kappa shape index (κ3) is 1.95. The summed E-state index contributed by atoms with van der Waals surface area (Å²) in [5, 5.41) is 2.49. The van der Waals surface area contributed by atoms with Crippen LogP contribution in [-0.4, -0.2) is 9.55 Å². The number of rotatable bonds is 2. The highest BCUT2D eigenvalue weighted by atomic mass is 32.1. The first-order chi connectivity index (χ1) is 8.63. The molecule has 2 aromatic heterocycles. The molecule has 3 aromatic rings. The van der Waals surface area contributed by atoms with Gasteiger partial charge in [0.1, 0.15) is 5.01 Å². The Labute approximate surface area is 111 Å². The summed E-state index contributed by atoms with van der Waals surface area (Å²) in [6.45, 7) is 7.20. The van der Waals surface area contributed by atoms with E-state index in [-0.39, 0.29) is 0 Å². The van der Waals surface area contributed by atoms with Crippen molar-refractivity contribution >= 4 is 22.2 Å². The van der Waals surface area contributed by atoms with Gasteiger partial charge in [-0.05, 0) is 44.4 Å². The fourth-order valence-corrected chi connectivity index (χ4v) is 3.14. The Morgan fingerprint density at radius 3 is 2.72 bits per heavy atom. The molecule has 18 heavy (non-hydrogen) atoms. The molecule has 0 saturated carbocycles. The largest absolute Gasteiger partial charge is 0.341 e. The molecule has 0 amide bonds. The van der Waals surface area contributed by atoms with E-state index >= 15 is 0 Å². The molecule has 0 saturated heterocycles. The van der Waals surface area contributed by atoms with Crippen LogP contribution in [0.5, 0.6) is 0 Å².